The van der Waals surface area contributed by atoms with Gasteiger partial charge in [0.2, 0.25) is 5.91 Å². The van der Waals surface area contributed by atoms with Crippen LogP contribution < -0.4 is 16.4 Å². The predicted molar refractivity (Wildman–Crippen MR) is 78.5 cm³/mol. The molecule has 1 fully saturated rings. The summed E-state index contributed by atoms with van der Waals surface area (Å²) < 4.78 is 0. The first-order valence-electron chi connectivity index (χ1n) is 6.87. The molecule has 0 spiro atoms. The SMILES string of the molecule is CNC(=O)c1ccc(C)c(NC(=O)C2(CN)CCC2)c1. The second-order valence-corrected chi connectivity index (χ2v) is 5.40. The molecule has 1 aromatic rings. The van der Waals surface area contributed by atoms with Crippen LogP contribution in [0.25, 0.3) is 0 Å². The summed E-state index contributed by atoms with van der Waals surface area (Å²) in [6.45, 7) is 2.27. The smallest absolute Gasteiger partial charge is 0.251 e. The van der Waals surface area contributed by atoms with Gasteiger partial charge in [0.05, 0.1) is 5.41 Å². The molecule has 0 heterocycles. The van der Waals surface area contributed by atoms with Crippen LogP contribution in [0.3, 0.4) is 0 Å². The van der Waals surface area contributed by atoms with E-state index in [-0.39, 0.29) is 11.8 Å². The van der Waals surface area contributed by atoms with E-state index in [0.29, 0.717) is 17.8 Å². The summed E-state index contributed by atoms with van der Waals surface area (Å²) in [7, 11) is 1.58. The number of amides is 2. The first-order valence-corrected chi connectivity index (χ1v) is 6.87. The Morgan fingerprint density at radius 2 is 2.05 bits per heavy atom. The molecule has 1 aromatic carbocycles. The maximum atomic E-state index is 12.4. The molecule has 4 N–H and O–H groups in total. The highest BCUT2D eigenvalue weighted by Gasteiger charge is 2.42. The average molecular weight is 275 g/mol. The van der Waals surface area contributed by atoms with E-state index < -0.39 is 5.41 Å². The van der Waals surface area contributed by atoms with Crippen molar-refractivity contribution < 1.29 is 9.59 Å². The number of nitrogens with one attached hydrogen (secondary N) is 2. The lowest BCUT2D eigenvalue weighted by Gasteiger charge is -2.39. The van der Waals surface area contributed by atoms with E-state index in [2.05, 4.69) is 10.6 Å². The number of carbonyl (C=O) groups excluding carboxylic acids is 2. The topological polar surface area (TPSA) is 84.2 Å². The fourth-order valence-corrected chi connectivity index (χ4v) is 2.42. The highest BCUT2D eigenvalue weighted by molar-refractivity contribution is 5.99. The van der Waals surface area contributed by atoms with E-state index in [1.54, 1.807) is 19.2 Å². The van der Waals surface area contributed by atoms with Crippen LogP contribution in [0, 0.1) is 12.3 Å². The fraction of sp³-hybridized carbons (Fsp3) is 0.467. The zero-order valence-corrected chi connectivity index (χ0v) is 12.0. The summed E-state index contributed by atoms with van der Waals surface area (Å²) in [4.78, 5) is 24.0. The molecule has 0 bridgehead atoms. The molecule has 0 aromatic heterocycles. The molecule has 2 amide bonds. The molecule has 20 heavy (non-hydrogen) atoms. The van der Waals surface area contributed by atoms with Gasteiger partial charge in [-0.2, -0.15) is 0 Å². The zero-order valence-electron chi connectivity index (χ0n) is 12.0. The van der Waals surface area contributed by atoms with E-state index in [1.807, 2.05) is 13.0 Å². The summed E-state index contributed by atoms with van der Waals surface area (Å²) in [6.07, 6.45) is 2.72. The molecule has 1 aliphatic carbocycles. The Labute approximate surface area is 118 Å². The lowest BCUT2D eigenvalue weighted by molar-refractivity contribution is -0.129. The molecule has 108 valence electrons. The molecular formula is C15H21N3O2. The molecule has 0 unspecified atom stereocenters. The highest BCUT2D eigenvalue weighted by atomic mass is 16.2. The van der Waals surface area contributed by atoms with E-state index in [9.17, 15) is 9.59 Å². The molecule has 5 heteroatoms. The monoisotopic (exact) mass is 275 g/mol. The average Bonchev–Trinajstić information content (AvgIpc) is 2.39. The second kappa shape index (κ2) is 5.63. The lowest BCUT2D eigenvalue weighted by Crippen LogP contribution is -2.47. The maximum absolute atomic E-state index is 12.4. The molecule has 0 radical (unpaired) electrons. The minimum atomic E-state index is -0.421. The third kappa shape index (κ3) is 2.54. The largest absolute Gasteiger partial charge is 0.355 e. The number of hydrogen-bond donors (Lipinski definition) is 3. The van der Waals surface area contributed by atoms with Crippen LogP contribution in [0.15, 0.2) is 18.2 Å². The number of aryl methyl sites for hydroxylation is 1. The van der Waals surface area contributed by atoms with Crippen molar-refractivity contribution in [1.29, 1.82) is 0 Å². The maximum Gasteiger partial charge on any atom is 0.251 e. The van der Waals surface area contributed by atoms with Crippen molar-refractivity contribution in [3.63, 3.8) is 0 Å². The Kier molecular flexibility index (Phi) is 4.09. The van der Waals surface area contributed by atoms with Gasteiger partial charge in [0.15, 0.2) is 0 Å². The molecule has 0 atom stereocenters. The van der Waals surface area contributed by atoms with Crippen molar-refractivity contribution in [3.05, 3.63) is 29.3 Å². The molecule has 1 saturated carbocycles. The van der Waals surface area contributed by atoms with Gasteiger partial charge in [0.25, 0.3) is 5.91 Å². The normalized spacial score (nSPS) is 16.1. The Hall–Kier alpha value is -1.88. The van der Waals surface area contributed by atoms with Crippen molar-refractivity contribution in [2.45, 2.75) is 26.2 Å². The van der Waals surface area contributed by atoms with Gasteiger partial charge in [0.1, 0.15) is 0 Å². The van der Waals surface area contributed by atoms with Crippen molar-refractivity contribution in [2.75, 3.05) is 18.9 Å². The van der Waals surface area contributed by atoms with Crippen LogP contribution in [0.2, 0.25) is 0 Å². The standard InChI is InChI=1S/C15H21N3O2/c1-10-4-5-11(13(19)17-2)8-12(10)18-14(20)15(9-16)6-3-7-15/h4-5,8H,3,6-7,9,16H2,1-2H3,(H,17,19)(H,18,20). The van der Waals surface area contributed by atoms with Gasteiger partial charge in [-0.05, 0) is 37.5 Å². The van der Waals surface area contributed by atoms with Crippen LogP contribution in [-0.2, 0) is 4.79 Å². The Balaban J connectivity index is 2.20. The lowest BCUT2D eigenvalue weighted by atomic mass is 9.68. The van der Waals surface area contributed by atoms with Gasteiger partial charge in [-0.3, -0.25) is 9.59 Å². The van der Waals surface area contributed by atoms with Crippen molar-refractivity contribution >= 4 is 17.5 Å². The van der Waals surface area contributed by atoms with Crippen molar-refractivity contribution in [3.8, 4) is 0 Å². The molecule has 0 saturated heterocycles. The first kappa shape index (κ1) is 14.5. The van der Waals surface area contributed by atoms with Crippen LogP contribution in [0.4, 0.5) is 5.69 Å². The second-order valence-electron chi connectivity index (χ2n) is 5.40. The molecule has 5 nitrogen and oxygen atoms in total. The van der Waals surface area contributed by atoms with Crippen LogP contribution in [0.1, 0.15) is 35.2 Å². The third-order valence-corrected chi connectivity index (χ3v) is 4.16. The summed E-state index contributed by atoms with van der Waals surface area (Å²) in [5, 5.41) is 5.50. The number of anilines is 1. The minimum absolute atomic E-state index is 0.0385. The molecule has 0 aliphatic heterocycles. The zero-order chi connectivity index (χ0) is 14.8. The van der Waals surface area contributed by atoms with Gasteiger partial charge in [-0.25, -0.2) is 0 Å². The number of carbonyl (C=O) groups is 2. The van der Waals surface area contributed by atoms with Crippen molar-refractivity contribution in [2.24, 2.45) is 11.1 Å². The van der Waals surface area contributed by atoms with Gasteiger partial charge in [-0.15, -0.1) is 0 Å². The van der Waals surface area contributed by atoms with Gasteiger partial charge in [0, 0.05) is 24.8 Å². The van der Waals surface area contributed by atoms with E-state index >= 15 is 0 Å². The fourth-order valence-electron chi connectivity index (χ4n) is 2.42. The minimum Gasteiger partial charge on any atom is -0.355 e. The van der Waals surface area contributed by atoms with Gasteiger partial charge < -0.3 is 16.4 Å². The molecule has 1 aliphatic rings. The first-order chi connectivity index (χ1) is 9.52. The van der Waals surface area contributed by atoms with Crippen LogP contribution in [-0.4, -0.2) is 25.4 Å². The van der Waals surface area contributed by atoms with Crippen LogP contribution >= 0.6 is 0 Å². The highest BCUT2D eigenvalue weighted by Crippen LogP contribution is 2.41. The number of hydrogen-bond acceptors (Lipinski definition) is 3. The summed E-state index contributed by atoms with van der Waals surface area (Å²) >= 11 is 0. The van der Waals surface area contributed by atoms with Gasteiger partial charge in [-0.1, -0.05) is 12.5 Å². The summed E-state index contributed by atoms with van der Waals surface area (Å²) in [5.74, 6) is -0.207. The van der Waals surface area contributed by atoms with E-state index in [0.717, 1.165) is 24.8 Å². The Morgan fingerprint density at radius 3 is 2.55 bits per heavy atom. The summed E-state index contributed by atoms with van der Waals surface area (Å²) in [6, 6.07) is 5.27. The Morgan fingerprint density at radius 1 is 1.35 bits per heavy atom. The van der Waals surface area contributed by atoms with Crippen molar-refractivity contribution in [1.82, 2.24) is 5.32 Å². The Bertz CT molecular complexity index is 530. The van der Waals surface area contributed by atoms with E-state index in [4.69, 9.17) is 5.73 Å². The van der Waals surface area contributed by atoms with E-state index in [1.165, 1.54) is 0 Å². The van der Waals surface area contributed by atoms with Crippen LogP contribution in [0.5, 0.6) is 0 Å². The molecular weight excluding hydrogens is 254 g/mol. The number of nitrogens with two attached hydrogens (primary N) is 1. The number of rotatable bonds is 4. The summed E-state index contributed by atoms with van der Waals surface area (Å²) in [5.41, 5.74) is 7.45. The quantitative estimate of drug-likeness (QED) is 0.777. The molecule has 2 rings (SSSR count). The predicted octanol–water partition coefficient (Wildman–Crippen LogP) is 1.42. The number of benzene rings is 1. The third-order valence-electron chi connectivity index (χ3n) is 4.16. The van der Waals surface area contributed by atoms with Gasteiger partial charge >= 0.3 is 0 Å².